The van der Waals surface area contributed by atoms with Crippen molar-refractivity contribution < 1.29 is 19.4 Å². The number of hydrogen-bond acceptors (Lipinski definition) is 2. The van der Waals surface area contributed by atoms with Crippen LogP contribution >= 0.6 is 0 Å². The molecule has 2 atom stereocenters. The van der Waals surface area contributed by atoms with Gasteiger partial charge in [0.05, 0.1) is 0 Å². The van der Waals surface area contributed by atoms with E-state index in [9.17, 15) is 9.18 Å². The fourth-order valence-corrected chi connectivity index (χ4v) is 0.522. The summed E-state index contributed by atoms with van der Waals surface area (Å²) in [5, 5.41) is 17.2. The highest BCUT2D eigenvalue weighted by Gasteiger charge is 2.40. The summed E-state index contributed by atoms with van der Waals surface area (Å²) in [6, 6.07) is 0. The van der Waals surface area contributed by atoms with Crippen LogP contribution in [0.4, 0.5) is 4.39 Å². The Morgan fingerprint density at radius 3 is 2.64 bits per heavy atom. The Morgan fingerprint density at radius 2 is 2.36 bits per heavy atom. The molecule has 0 radical (unpaired) electrons. The van der Waals surface area contributed by atoms with Gasteiger partial charge in [0.1, 0.15) is 6.10 Å². The Hall–Kier alpha value is -0.900. The molecule has 0 aliphatic carbocycles. The predicted molar refractivity (Wildman–Crippen MR) is 38.0 cm³/mol. The van der Waals surface area contributed by atoms with E-state index in [-0.39, 0.29) is 6.42 Å². The number of aliphatic hydroxyl groups is 1. The number of carboxylic acid groups (broad SMARTS) is 1. The average Bonchev–Trinajstić information content (AvgIpc) is 1.88. The monoisotopic (exact) mass is 162 g/mol. The van der Waals surface area contributed by atoms with Gasteiger partial charge in [0.2, 0.25) is 5.67 Å². The average molecular weight is 162 g/mol. The van der Waals surface area contributed by atoms with Crippen LogP contribution in [-0.4, -0.2) is 28.0 Å². The van der Waals surface area contributed by atoms with E-state index in [1.807, 2.05) is 0 Å². The first-order chi connectivity index (χ1) is 4.92. The lowest BCUT2D eigenvalue weighted by Gasteiger charge is -2.20. The van der Waals surface area contributed by atoms with E-state index in [4.69, 9.17) is 10.2 Å². The molecule has 0 aromatic rings. The lowest BCUT2D eigenvalue weighted by Crippen LogP contribution is -2.42. The molecule has 4 heteroatoms. The van der Waals surface area contributed by atoms with E-state index in [1.54, 1.807) is 0 Å². The minimum absolute atomic E-state index is 0.0701. The molecular weight excluding hydrogens is 151 g/mol. The van der Waals surface area contributed by atoms with E-state index in [2.05, 4.69) is 6.58 Å². The molecule has 0 saturated heterocycles. The molecule has 0 amide bonds. The summed E-state index contributed by atoms with van der Waals surface area (Å²) in [5.41, 5.74) is -2.59. The van der Waals surface area contributed by atoms with Gasteiger partial charge < -0.3 is 10.2 Å². The van der Waals surface area contributed by atoms with Crippen molar-refractivity contribution in [3.63, 3.8) is 0 Å². The van der Waals surface area contributed by atoms with Crippen LogP contribution in [0.5, 0.6) is 0 Å². The van der Waals surface area contributed by atoms with Gasteiger partial charge in [-0.3, -0.25) is 0 Å². The second-order valence-electron chi connectivity index (χ2n) is 2.42. The van der Waals surface area contributed by atoms with Gasteiger partial charge in [-0.1, -0.05) is 6.08 Å². The first-order valence-electron chi connectivity index (χ1n) is 3.14. The molecule has 0 bridgehead atoms. The van der Waals surface area contributed by atoms with E-state index in [1.165, 1.54) is 6.08 Å². The van der Waals surface area contributed by atoms with Gasteiger partial charge in [0.15, 0.2) is 0 Å². The van der Waals surface area contributed by atoms with Crippen molar-refractivity contribution in [2.45, 2.75) is 25.1 Å². The summed E-state index contributed by atoms with van der Waals surface area (Å²) in [6.07, 6.45) is -0.331. The maximum absolute atomic E-state index is 12.9. The molecule has 0 aromatic heterocycles. The summed E-state index contributed by atoms with van der Waals surface area (Å²) in [5.74, 6) is -1.66. The molecule has 0 aliphatic rings. The van der Waals surface area contributed by atoms with Gasteiger partial charge in [-0.2, -0.15) is 0 Å². The van der Waals surface area contributed by atoms with Gasteiger partial charge in [-0.25, -0.2) is 9.18 Å². The fourth-order valence-electron chi connectivity index (χ4n) is 0.522. The highest BCUT2D eigenvalue weighted by molar-refractivity contribution is 5.77. The number of aliphatic carboxylic acids is 1. The summed E-state index contributed by atoms with van der Waals surface area (Å²) in [7, 11) is 0. The maximum atomic E-state index is 12.9. The first-order valence-corrected chi connectivity index (χ1v) is 3.14. The third-order valence-corrected chi connectivity index (χ3v) is 1.43. The van der Waals surface area contributed by atoms with Crippen molar-refractivity contribution in [1.29, 1.82) is 0 Å². The quantitative estimate of drug-likeness (QED) is 0.599. The molecule has 0 aliphatic heterocycles. The number of carboxylic acids is 1. The SMILES string of the molecule is C=CCC(O)C(C)(F)C(=O)O. The van der Waals surface area contributed by atoms with E-state index < -0.39 is 17.7 Å². The van der Waals surface area contributed by atoms with Gasteiger partial charge in [0.25, 0.3) is 0 Å². The first kappa shape index (κ1) is 10.1. The van der Waals surface area contributed by atoms with Crippen LogP contribution < -0.4 is 0 Å². The topological polar surface area (TPSA) is 57.5 Å². The smallest absolute Gasteiger partial charge is 0.343 e. The van der Waals surface area contributed by atoms with Crippen LogP contribution in [0.25, 0.3) is 0 Å². The van der Waals surface area contributed by atoms with Crippen molar-refractivity contribution in [3.8, 4) is 0 Å². The molecule has 2 N–H and O–H groups in total. The summed E-state index contributed by atoms with van der Waals surface area (Å²) < 4.78 is 12.9. The number of aliphatic hydroxyl groups excluding tert-OH is 1. The maximum Gasteiger partial charge on any atom is 0.343 e. The number of halogens is 1. The van der Waals surface area contributed by atoms with Crippen LogP contribution in [0.1, 0.15) is 13.3 Å². The lowest BCUT2D eigenvalue weighted by molar-refractivity contribution is -0.157. The Morgan fingerprint density at radius 1 is 1.91 bits per heavy atom. The second kappa shape index (κ2) is 3.48. The Bertz CT molecular complexity index is 165. The number of alkyl halides is 1. The second-order valence-corrected chi connectivity index (χ2v) is 2.42. The molecule has 0 spiro atoms. The molecular formula is C7H11FO3. The van der Waals surface area contributed by atoms with Crippen molar-refractivity contribution in [2.75, 3.05) is 0 Å². The molecule has 0 fully saturated rings. The predicted octanol–water partition coefficient (Wildman–Crippen LogP) is 0.736. The van der Waals surface area contributed by atoms with Gasteiger partial charge >= 0.3 is 5.97 Å². The molecule has 0 heterocycles. The summed E-state index contributed by atoms with van der Waals surface area (Å²) in [6.45, 7) is 4.08. The molecule has 2 unspecified atom stereocenters. The van der Waals surface area contributed by atoms with Crippen molar-refractivity contribution >= 4 is 5.97 Å². The number of rotatable bonds is 4. The van der Waals surface area contributed by atoms with Crippen LogP contribution in [0.3, 0.4) is 0 Å². The zero-order valence-electron chi connectivity index (χ0n) is 6.25. The Labute approximate surface area is 64.2 Å². The molecule has 0 saturated carbocycles. The van der Waals surface area contributed by atoms with Gasteiger partial charge in [0, 0.05) is 0 Å². The molecule has 0 aromatic carbocycles. The van der Waals surface area contributed by atoms with Gasteiger partial charge in [-0.05, 0) is 13.3 Å². The van der Waals surface area contributed by atoms with E-state index >= 15 is 0 Å². The molecule has 3 nitrogen and oxygen atoms in total. The summed E-state index contributed by atoms with van der Waals surface area (Å²) >= 11 is 0. The van der Waals surface area contributed by atoms with Gasteiger partial charge in [-0.15, -0.1) is 6.58 Å². The van der Waals surface area contributed by atoms with Crippen molar-refractivity contribution in [3.05, 3.63) is 12.7 Å². The summed E-state index contributed by atoms with van der Waals surface area (Å²) in [4.78, 5) is 10.2. The van der Waals surface area contributed by atoms with Crippen LogP contribution in [0.15, 0.2) is 12.7 Å². The number of carbonyl (C=O) groups is 1. The normalized spacial score (nSPS) is 18.5. The Kier molecular flexibility index (Phi) is 3.19. The van der Waals surface area contributed by atoms with Crippen LogP contribution in [0.2, 0.25) is 0 Å². The third-order valence-electron chi connectivity index (χ3n) is 1.43. The molecule has 0 rings (SSSR count). The zero-order valence-corrected chi connectivity index (χ0v) is 6.25. The lowest BCUT2D eigenvalue weighted by atomic mass is 9.99. The highest BCUT2D eigenvalue weighted by atomic mass is 19.1. The third kappa shape index (κ3) is 2.31. The standard InChI is InChI=1S/C7H11FO3/c1-3-4-5(9)7(2,8)6(10)11/h3,5,9H,1,4H2,2H3,(H,10,11). The minimum atomic E-state index is -2.59. The molecule has 64 valence electrons. The highest BCUT2D eigenvalue weighted by Crippen LogP contribution is 2.18. The van der Waals surface area contributed by atoms with Crippen molar-refractivity contribution in [2.24, 2.45) is 0 Å². The minimum Gasteiger partial charge on any atom is -0.479 e. The van der Waals surface area contributed by atoms with E-state index in [0.717, 1.165) is 6.92 Å². The van der Waals surface area contributed by atoms with Crippen molar-refractivity contribution in [1.82, 2.24) is 0 Å². The number of hydrogen-bond donors (Lipinski definition) is 2. The molecule has 11 heavy (non-hydrogen) atoms. The zero-order chi connectivity index (χ0) is 9.07. The van der Waals surface area contributed by atoms with E-state index in [0.29, 0.717) is 0 Å². The fraction of sp³-hybridized carbons (Fsp3) is 0.571. The van der Waals surface area contributed by atoms with Crippen LogP contribution in [0, 0.1) is 0 Å². The Balaban J connectivity index is 4.28. The van der Waals surface area contributed by atoms with Crippen LogP contribution in [-0.2, 0) is 4.79 Å². The largest absolute Gasteiger partial charge is 0.479 e.